The Hall–Kier alpha value is -2.79. The Labute approximate surface area is 171 Å². The predicted octanol–water partition coefficient (Wildman–Crippen LogP) is 1.86. The summed E-state index contributed by atoms with van der Waals surface area (Å²) in [4.78, 5) is 14.6. The Bertz CT molecular complexity index is 784. The molecule has 1 heterocycles. The van der Waals surface area contributed by atoms with Crippen molar-refractivity contribution in [1.29, 1.82) is 10.8 Å². The van der Waals surface area contributed by atoms with Crippen LogP contribution in [0.3, 0.4) is 0 Å². The van der Waals surface area contributed by atoms with Crippen LogP contribution < -0.4 is 11.5 Å². The van der Waals surface area contributed by atoms with Gasteiger partial charge in [0.25, 0.3) is 0 Å². The van der Waals surface area contributed by atoms with E-state index in [1.165, 1.54) is 0 Å². The highest BCUT2D eigenvalue weighted by Crippen LogP contribution is 2.35. The summed E-state index contributed by atoms with van der Waals surface area (Å²) in [5.41, 5.74) is 13.5. The second-order valence-electron chi connectivity index (χ2n) is 7.53. The van der Waals surface area contributed by atoms with Crippen LogP contribution in [0.1, 0.15) is 30.4 Å². The minimum Gasteiger partial charge on any atom is -0.391 e. The third-order valence-electron chi connectivity index (χ3n) is 5.65. The number of primary amides is 1. The highest BCUT2D eigenvalue weighted by molar-refractivity contribution is 5.85. The zero-order valence-electron chi connectivity index (χ0n) is 16.5. The van der Waals surface area contributed by atoms with Gasteiger partial charge in [-0.25, -0.2) is 0 Å². The summed E-state index contributed by atoms with van der Waals surface area (Å²) in [5.74, 6) is -0.373. The van der Waals surface area contributed by atoms with Crippen molar-refractivity contribution in [3.8, 4) is 0 Å². The lowest BCUT2D eigenvalue weighted by atomic mass is 9.85. The number of aliphatic hydroxyl groups excluding tert-OH is 1. The molecule has 0 unspecified atom stereocenters. The smallest absolute Gasteiger partial charge is 0.238 e. The largest absolute Gasteiger partial charge is 0.391 e. The number of nitrogens with zero attached hydrogens (tertiary/aromatic N) is 3. The predicted molar refractivity (Wildman–Crippen MR) is 110 cm³/mol. The summed E-state index contributed by atoms with van der Waals surface area (Å²) >= 11 is 0. The Morgan fingerprint density at radius 2 is 1.62 bits per heavy atom. The third-order valence-corrected chi connectivity index (χ3v) is 5.65. The molecule has 1 fully saturated rings. The second-order valence-corrected chi connectivity index (χ2v) is 7.53. The van der Waals surface area contributed by atoms with Crippen molar-refractivity contribution in [3.63, 3.8) is 0 Å². The van der Waals surface area contributed by atoms with Crippen LogP contribution in [0, 0.1) is 10.8 Å². The number of carbonyl (C=O) groups excluding carboxylic acids is 1. The van der Waals surface area contributed by atoms with Gasteiger partial charge in [-0.2, -0.15) is 0 Å². The van der Waals surface area contributed by atoms with E-state index in [1.807, 2.05) is 60.7 Å². The minimum absolute atomic E-state index is 0.267. The standard InChI is InChI=1S/C22H29N3O2.N2/c23-19(14-17-8-3-1-4-9-17)20(26)15-22(21(24)27)12-7-13-25(22)16-18-10-5-2-6-11-18;1-2/h1-6,8-11,19-20,26H,7,12-16,23H2,(H2,24,27);/t19-,20+,22+;/m0./s1. The van der Waals surface area contributed by atoms with Crippen molar-refractivity contribution >= 4 is 5.91 Å². The van der Waals surface area contributed by atoms with Gasteiger partial charge in [0.15, 0.2) is 0 Å². The topological polar surface area (TPSA) is 140 Å². The van der Waals surface area contributed by atoms with Crippen LogP contribution in [0.5, 0.6) is 0 Å². The molecule has 29 heavy (non-hydrogen) atoms. The quantitative estimate of drug-likeness (QED) is 0.583. The molecule has 1 amide bonds. The van der Waals surface area contributed by atoms with Crippen molar-refractivity contribution in [2.75, 3.05) is 6.54 Å². The summed E-state index contributed by atoms with van der Waals surface area (Å²) in [6, 6.07) is 19.4. The molecule has 0 spiro atoms. The first-order chi connectivity index (χ1) is 14.0. The van der Waals surface area contributed by atoms with Crippen LogP contribution in [0.4, 0.5) is 0 Å². The number of benzene rings is 2. The van der Waals surface area contributed by atoms with Crippen molar-refractivity contribution in [3.05, 3.63) is 71.8 Å². The van der Waals surface area contributed by atoms with E-state index < -0.39 is 17.7 Å². The number of rotatable bonds is 8. The van der Waals surface area contributed by atoms with Gasteiger partial charge in [-0.1, -0.05) is 60.7 Å². The molecule has 0 saturated carbocycles. The van der Waals surface area contributed by atoms with E-state index in [4.69, 9.17) is 22.3 Å². The fourth-order valence-corrected chi connectivity index (χ4v) is 4.10. The van der Waals surface area contributed by atoms with E-state index in [9.17, 15) is 9.90 Å². The fraction of sp³-hybridized carbons (Fsp3) is 0.409. The van der Waals surface area contributed by atoms with Crippen LogP contribution >= 0.6 is 0 Å². The molecule has 2 aromatic carbocycles. The van der Waals surface area contributed by atoms with Gasteiger partial charge >= 0.3 is 0 Å². The van der Waals surface area contributed by atoms with Gasteiger partial charge in [0.1, 0.15) is 5.54 Å². The number of hydrogen-bond acceptors (Lipinski definition) is 6. The summed E-state index contributed by atoms with van der Waals surface area (Å²) in [7, 11) is 0. The van der Waals surface area contributed by atoms with Crippen molar-refractivity contribution in [2.24, 2.45) is 11.5 Å². The summed E-state index contributed by atoms with van der Waals surface area (Å²) in [6.45, 7) is 1.43. The third kappa shape index (κ3) is 5.61. The van der Waals surface area contributed by atoms with Crippen LogP contribution in [-0.2, 0) is 17.8 Å². The molecule has 2 aromatic rings. The zero-order chi connectivity index (χ0) is 21.3. The van der Waals surface area contributed by atoms with Crippen molar-refractivity contribution < 1.29 is 9.90 Å². The maximum Gasteiger partial charge on any atom is 0.238 e. The van der Waals surface area contributed by atoms with E-state index >= 15 is 0 Å². The molecule has 0 bridgehead atoms. The second kappa shape index (κ2) is 10.7. The van der Waals surface area contributed by atoms with Gasteiger partial charge in [-0.15, -0.1) is 0 Å². The first-order valence-electron chi connectivity index (χ1n) is 9.78. The lowest BCUT2D eigenvalue weighted by molar-refractivity contribution is -0.131. The van der Waals surface area contributed by atoms with Gasteiger partial charge in [0.2, 0.25) is 5.91 Å². The monoisotopic (exact) mass is 395 g/mol. The van der Waals surface area contributed by atoms with Crippen molar-refractivity contribution in [1.82, 2.24) is 4.90 Å². The zero-order valence-corrected chi connectivity index (χ0v) is 16.5. The van der Waals surface area contributed by atoms with Crippen LogP contribution in [0.25, 0.3) is 0 Å². The number of hydrogen-bond donors (Lipinski definition) is 3. The molecular formula is C22H29N5O2. The minimum atomic E-state index is -0.844. The molecule has 154 valence electrons. The van der Waals surface area contributed by atoms with Crippen LogP contribution in [0.15, 0.2) is 60.7 Å². The first kappa shape index (κ1) is 22.5. The maximum absolute atomic E-state index is 12.5. The van der Waals surface area contributed by atoms with E-state index in [0.29, 0.717) is 19.4 Å². The molecule has 0 aliphatic carbocycles. The molecule has 1 aliphatic heterocycles. The van der Waals surface area contributed by atoms with E-state index in [1.54, 1.807) is 0 Å². The van der Waals surface area contributed by atoms with Crippen LogP contribution in [0.2, 0.25) is 0 Å². The number of likely N-dealkylation sites (tertiary alicyclic amines) is 1. The summed E-state index contributed by atoms with van der Waals surface area (Å²) < 4.78 is 0. The molecule has 0 radical (unpaired) electrons. The normalized spacial score (nSPS) is 21.0. The van der Waals surface area contributed by atoms with Gasteiger partial charge in [-0.3, -0.25) is 9.69 Å². The summed E-state index contributed by atoms with van der Waals surface area (Å²) in [5, 5.41) is 22.8. The molecule has 5 N–H and O–H groups in total. The fourth-order valence-electron chi connectivity index (χ4n) is 4.10. The first-order valence-corrected chi connectivity index (χ1v) is 9.78. The van der Waals surface area contributed by atoms with E-state index in [-0.39, 0.29) is 12.3 Å². The Balaban J connectivity index is 0.00000145. The van der Waals surface area contributed by atoms with Gasteiger partial charge in [-0.05, 0) is 36.9 Å². The Morgan fingerprint density at radius 3 is 2.17 bits per heavy atom. The lowest BCUT2D eigenvalue weighted by Gasteiger charge is -2.38. The highest BCUT2D eigenvalue weighted by atomic mass is 16.3. The lowest BCUT2D eigenvalue weighted by Crippen LogP contribution is -2.57. The van der Waals surface area contributed by atoms with E-state index in [2.05, 4.69) is 4.90 Å². The average molecular weight is 396 g/mol. The van der Waals surface area contributed by atoms with Crippen LogP contribution in [-0.4, -0.2) is 40.1 Å². The number of nitrogens with two attached hydrogens (primary N) is 2. The molecule has 3 rings (SSSR count). The summed E-state index contributed by atoms with van der Waals surface area (Å²) in [6.07, 6.45) is 1.58. The van der Waals surface area contributed by atoms with E-state index in [0.717, 1.165) is 24.1 Å². The highest BCUT2D eigenvalue weighted by Gasteiger charge is 2.47. The SMILES string of the molecule is N#N.NC(=O)[C@]1(C[C@@H](O)[C@@H](N)Cc2ccccc2)CCCN1Cc1ccccc1. The van der Waals surface area contributed by atoms with Gasteiger partial charge < -0.3 is 16.6 Å². The Morgan fingerprint density at radius 1 is 1.07 bits per heavy atom. The molecule has 7 nitrogen and oxygen atoms in total. The molecule has 7 heteroatoms. The number of aliphatic hydroxyl groups is 1. The number of carbonyl (C=O) groups is 1. The van der Waals surface area contributed by atoms with Gasteiger partial charge in [0, 0.05) is 29.8 Å². The average Bonchev–Trinajstić information content (AvgIpc) is 3.14. The molecule has 1 aliphatic rings. The van der Waals surface area contributed by atoms with Crippen molar-refractivity contribution in [2.45, 2.75) is 49.9 Å². The molecular weight excluding hydrogens is 366 g/mol. The molecule has 1 saturated heterocycles. The molecule has 3 atom stereocenters. The number of amides is 1. The van der Waals surface area contributed by atoms with Gasteiger partial charge in [0.05, 0.1) is 6.10 Å². The molecule has 0 aromatic heterocycles. The Kier molecular flexibility index (Phi) is 8.28. The maximum atomic E-state index is 12.5.